The molecule has 0 aliphatic heterocycles. The Morgan fingerprint density at radius 2 is 1.97 bits per heavy atom. The van der Waals surface area contributed by atoms with Gasteiger partial charge in [-0.1, -0.05) is 19.9 Å². The molecular formula is C25H37FN2O4. The van der Waals surface area contributed by atoms with Crippen molar-refractivity contribution in [3.8, 4) is 0 Å². The SMILES string of the molecule is COCCNC(=O)CCC12CCC(C)(O)CC1C(C)(C)CC2NC(=O)c1cccc(F)c1. The number of amides is 2. The molecule has 2 aliphatic rings. The number of carbonyl (C=O) groups excluding carboxylic acids is 2. The zero-order chi connectivity index (χ0) is 23.6. The van der Waals surface area contributed by atoms with Crippen LogP contribution in [0.1, 0.15) is 69.7 Å². The standard InChI is InChI=1S/C25H37FN2O4/c1-23(2)16-20(28-22(30)17-6-5-7-18(26)14-17)25(9-8-21(29)27-12-13-32-4)11-10-24(3,31)15-19(23)25/h5-7,14,19-20,31H,8-13,15-16H2,1-4H3,(H,27,29)(H,28,30). The Balaban J connectivity index is 1.83. The number of rotatable bonds is 8. The summed E-state index contributed by atoms with van der Waals surface area (Å²) in [6.07, 6.45) is 3.72. The van der Waals surface area contributed by atoms with Crippen molar-refractivity contribution in [1.82, 2.24) is 10.6 Å². The number of methoxy groups -OCH3 is 1. The zero-order valence-electron chi connectivity index (χ0n) is 19.7. The number of fused-ring (bicyclic) bond motifs is 1. The summed E-state index contributed by atoms with van der Waals surface area (Å²) in [6.45, 7) is 7.16. The van der Waals surface area contributed by atoms with Gasteiger partial charge in [0, 0.05) is 31.7 Å². The molecule has 2 fully saturated rings. The van der Waals surface area contributed by atoms with Gasteiger partial charge in [-0.2, -0.15) is 0 Å². The number of ether oxygens (including phenoxy) is 1. The molecule has 2 amide bonds. The maximum absolute atomic E-state index is 13.7. The van der Waals surface area contributed by atoms with Crippen LogP contribution < -0.4 is 10.6 Å². The minimum atomic E-state index is -0.756. The summed E-state index contributed by atoms with van der Waals surface area (Å²) in [4.78, 5) is 25.5. The molecule has 32 heavy (non-hydrogen) atoms. The van der Waals surface area contributed by atoms with Crippen LogP contribution in [0.2, 0.25) is 0 Å². The Hall–Kier alpha value is -1.99. The smallest absolute Gasteiger partial charge is 0.251 e. The Bertz CT molecular complexity index is 841. The van der Waals surface area contributed by atoms with E-state index in [1.807, 2.05) is 6.92 Å². The van der Waals surface area contributed by atoms with Crippen molar-refractivity contribution in [3.63, 3.8) is 0 Å². The van der Waals surface area contributed by atoms with E-state index in [9.17, 15) is 19.1 Å². The molecule has 0 saturated heterocycles. The third-order valence-electron chi connectivity index (χ3n) is 7.67. The molecule has 2 saturated carbocycles. The molecule has 7 heteroatoms. The molecule has 1 aromatic rings. The molecule has 178 valence electrons. The molecule has 6 nitrogen and oxygen atoms in total. The quantitative estimate of drug-likeness (QED) is 0.532. The van der Waals surface area contributed by atoms with Crippen molar-refractivity contribution in [2.75, 3.05) is 20.3 Å². The summed E-state index contributed by atoms with van der Waals surface area (Å²) >= 11 is 0. The van der Waals surface area contributed by atoms with Gasteiger partial charge in [0.05, 0.1) is 12.2 Å². The van der Waals surface area contributed by atoms with E-state index in [0.717, 1.165) is 12.8 Å². The highest BCUT2D eigenvalue weighted by atomic mass is 19.1. The van der Waals surface area contributed by atoms with Crippen LogP contribution in [0, 0.1) is 22.6 Å². The number of hydrogen-bond donors (Lipinski definition) is 3. The number of aliphatic hydroxyl groups is 1. The molecule has 1 aromatic carbocycles. The van der Waals surface area contributed by atoms with Crippen LogP contribution in [0.5, 0.6) is 0 Å². The van der Waals surface area contributed by atoms with Gasteiger partial charge in [-0.3, -0.25) is 9.59 Å². The van der Waals surface area contributed by atoms with E-state index in [4.69, 9.17) is 4.74 Å². The van der Waals surface area contributed by atoms with Crippen LogP contribution >= 0.6 is 0 Å². The van der Waals surface area contributed by atoms with Crippen molar-refractivity contribution >= 4 is 11.8 Å². The van der Waals surface area contributed by atoms with Gasteiger partial charge in [-0.05, 0) is 74.0 Å². The van der Waals surface area contributed by atoms with Gasteiger partial charge in [0.2, 0.25) is 5.91 Å². The first-order chi connectivity index (χ1) is 15.0. The highest BCUT2D eigenvalue weighted by molar-refractivity contribution is 5.94. The predicted octanol–water partition coefficient (Wildman–Crippen LogP) is 3.43. The Labute approximate surface area is 190 Å². The highest BCUT2D eigenvalue weighted by Crippen LogP contribution is 2.63. The van der Waals surface area contributed by atoms with E-state index in [0.29, 0.717) is 44.4 Å². The largest absolute Gasteiger partial charge is 0.390 e. The minimum Gasteiger partial charge on any atom is -0.390 e. The third-order valence-corrected chi connectivity index (χ3v) is 7.67. The summed E-state index contributed by atoms with van der Waals surface area (Å²) < 4.78 is 18.7. The molecule has 0 spiro atoms. The van der Waals surface area contributed by atoms with E-state index in [1.165, 1.54) is 18.2 Å². The first-order valence-corrected chi connectivity index (χ1v) is 11.5. The number of benzene rings is 1. The second-order valence-electron chi connectivity index (χ2n) is 10.6. The topological polar surface area (TPSA) is 87.7 Å². The van der Waals surface area contributed by atoms with E-state index in [1.54, 1.807) is 13.2 Å². The van der Waals surface area contributed by atoms with Crippen LogP contribution in [0.3, 0.4) is 0 Å². The lowest BCUT2D eigenvalue weighted by Crippen LogP contribution is -2.52. The average Bonchev–Trinajstić information content (AvgIpc) is 2.92. The second kappa shape index (κ2) is 9.48. The molecule has 0 radical (unpaired) electrons. The van der Waals surface area contributed by atoms with Gasteiger partial charge in [-0.15, -0.1) is 0 Å². The normalized spacial score (nSPS) is 31.1. The number of halogens is 1. The lowest BCUT2D eigenvalue weighted by Gasteiger charge is -2.50. The number of hydrogen-bond acceptors (Lipinski definition) is 4. The lowest BCUT2D eigenvalue weighted by atomic mass is 9.57. The molecule has 4 unspecified atom stereocenters. The van der Waals surface area contributed by atoms with Crippen LogP contribution in [-0.4, -0.2) is 48.8 Å². The number of nitrogens with one attached hydrogen (secondary N) is 2. The van der Waals surface area contributed by atoms with Gasteiger partial charge in [0.25, 0.3) is 5.91 Å². The molecule has 4 atom stereocenters. The van der Waals surface area contributed by atoms with Gasteiger partial charge in [-0.25, -0.2) is 4.39 Å². The summed E-state index contributed by atoms with van der Waals surface area (Å²) in [5.41, 5.74) is -0.876. The number of carbonyl (C=O) groups is 2. The third kappa shape index (κ3) is 5.31. The summed E-state index contributed by atoms with van der Waals surface area (Å²) in [7, 11) is 1.59. The van der Waals surface area contributed by atoms with Crippen molar-refractivity contribution in [2.45, 2.75) is 70.9 Å². The van der Waals surface area contributed by atoms with Crippen molar-refractivity contribution in [2.24, 2.45) is 16.7 Å². The van der Waals surface area contributed by atoms with Crippen LogP contribution in [-0.2, 0) is 9.53 Å². The molecule has 0 bridgehead atoms. The van der Waals surface area contributed by atoms with Crippen LogP contribution in [0.4, 0.5) is 4.39 Å². The van der Waals surface area contributed by atoms with E-state index in [-0.39, 0.29) is 34.6 Å². The first kappa shape index (κ1) is 24.6. The van der Waals surface area contributed by atoms with E-state index < -0.39 is 11.4 Å². The lowest BCUT2D eigenvalue weighted by molar-refractivity contribution is -0.123. The maximum atomic E-state index is 13.7. The molecule has 0 heterocycles. The Morgan fingerprint density at radius 1 is 1.22 bits per heavy atom. The second-order valence-corrected chi connectivity index (χ2v) is 10.6. The van der Waals surface area contributed by atoms with Crippen LogP contribution in [0.25, 0.3) is 0 Å². The molecule has 3 N–H and O–H groups in total. The minimum absolute atomic E-state index is 0.0348. The Morgan fingerprint density at radius 3 is 2.66 bits per heavy atom. The van der Waals surface area contributed by atoms with Gasteiger partial charge in [0.1, 0.15) is 5.82 Å². The monoisotopic (exact) mass is 448 g/mol. The predicted molar refractivity (Wildman–Crippen MR) is 121 cm³/mol. The summed E-state index contributed by atoms with van der Waals surface area (Å²) in [5.74, 6) is -0.624. The van der Waals surface area contributed by atoms with Gasteiger partial charge in [0.15, 0.2) is 0 Å². The maximum Gasteiger partial charge on any atom is 0.251 e. The Kier molecular flexibility index (Phi) is 7.30. The molecule has 3 rings (SSSR count). The molecule has 2 aliphatic carbocycles. The van der Waals surface area contributed by atoms with Gasteiger partial charge >= 0.3 is 0 Å². The van der Waals surface area contributed by atoms with Crippen LogP contribution in [0.15, 0.2) is 24.3 Å². The fourth-order valence-electron chi connectivity index (χ4n) is 6.03. The zero-order valence-corrected chi connectivity index (χ0v) is 19.7. The van der Waals surface area contributed by atoms with Gasteiger partial charge < -0.3 is 20.5 Å². The molecule has 0 aromatic heterocycles. The van der Waals surface area contributed by atoms with Crippen molar-refractivity contribution in [3.05, 3.63) is 35.6 Å². The fourth-order valence-corrected chi connectivity index (χ4v) is 6.03. The summed E-state index contributed by atoms with van der Waals surface area (Å²) in [5, 5.41) is 16.9. The van der Waals surface area contributed by atoms with Crippen molar-refractivity contribution in [1.29, 1.82) is 0 Å². The summed E-state index contributed by atoms with van der Waals surface area (Å²) in [6, 6.07) is 5.55. The average molecular weight is 449 g/mol. The van der Waals surface area contributed by atoms with E-state index in [2.05, 4.69) is 24.5 Å². The highest BCUT2D eigenvalue weighted by Gasteiger charge is 2.61. The first-order valence-electron chi connectivity index (χ1n) is 11.5. The fraction of sp³-hybridized carbons (Fsp3) is 0.680. The van der Waals surface area contributed by atoms with E-state index >= 15 is 0 Å². The molecular weight excluding hydrogens is 411 g/mol. The van der Waals surface area contributed by atoms with Crippen molar-refractivity contribution < 1.29 is 23.8 Å².